The third-order valence-electron chi connectivity index (χ3n) is 3.81. The Morgan fingerprint density at radius 1 is 1.23 bits per heavy atom. The fraction of sp³-hybridized carbons (Fsp3) is 0.0870. The summed E-state index contributed by atoms with van der Waals surface area (Å²) >= 11 is 0. The van der Waals surface area contributed by atoms with Gasteiger partial charge in [-0.25, -0.2) is 4.98 Å². The molecule has 0 aliphatic rings. The van der Waals surface area contributed by atoms with Crippen LogP contribution in [-0.2, 0) is 6.18 Å². The van der Waals surface area contributed by atoms with Gasteiger partial charge in [0.05, 0.1) is 11.8 Å². The van der Waals surface area contributed by atoms with Gasteiger partial charge >= 0.3 is 6.18 Å². The van der Waals surface area contributed by atoms with Gasteiger partial charge in [0.2, 0.25) is 0 Å². The summed E-state index contributed by atoms with van der Waals surface area (Å²) in [4.78, 5) is 20.3. The number of pyridine rings is 1. The molecule has 5 nitrogen and oxygen atoms in total. The van der Waals surface area contributed by atoms with E-state index in [0.29, 0.717) is 11.3 Å². The van der Waals surface area contributed by atoms with Gasteiger partial charge in [-0.05, 0) is 48.9 Å². The van der Waals surface area contributed by atoms with Crippen molar-refractivity contribution < 1.29 is 18.0 Å². The Hall–Kier alpha value is -4.12. The standard InChI is InChI=1S/C23H19F3N4O/c1-4-11-27-15-20(28-5-2)9-8-17-13-18(7-6-16(17)3)22(31)30-21-14-19(10-12-29-21)23(24,25)26/h4-7,10-15,28H,1-2H2,3H3,(H,29,30,31)/b20-15-,27-11?. The number of alkyl halides is 3. The largest absolute Gasteiger partial charge is 0.416 e. The number of amides is 1. The fourth-order valence-corrected chi connectivity index (χ4v) is 2.29. The molecular formula is C23H19F3N4O. The number of anilines is 1. The summed E-state index contributed by atoms with van der Waals surface area (Å²) in [5.74, 6) is 5.02. The van der Waals surface area contributed by atoms with Crippen molar-refractivity contribution >= 4 is 17.9 Å². The molecule has 0 aliphatic heterocycles. The minimum atomic E-state index is -4.53. The maximum absolute atomic E-state index is 12.8. The van der Waals surface area contributed by atoms with Crippen LogP contribution in [0, 0.1) is 18.8 Å². The van der Waals surface area contributed by atoms with Crippen molar-refractivity contribution in [3.05, 3.63) is 96.1 Å². The van der Waals surface area contributed by atoms with E-state index in [-0.39, 0.29) is 11.4 Å². The highest BCUT2D eigenvalue weighted by Gasteiger charge is 2.30. The second-order valence-electron chi connectivity index (χ2n) is 6.09. The molecule has 1 heterocycles. The van der Waals surface area contributed by atoms with Crippen molar-refractivity contribution in [2.24, 2.45) is 4.99 Å². The highest BCUT2D eigenvalue weighted by molar-refractivity contribution is 6.04. The number of hydrogen-bond acceptors (Lipinski definition) is 4. The molecule has 0 spiro atoms. The lowest BCUT2D eigenvalue weighted by atomic mass is 10.0. The van der Waals surface area contributed by atoms with Crippen molar-refractivity contribution in [1.82, 2.24) is 10.3 Å². The Labute approximate surface area is 178 Å². The third-order valence-corrected chi connectivity index (χ3v) is 3.81. The lowest BCUT2D eigenvalue weighted by molar-refractivity contribution is -0.137. The number of carbonyl (C=O) groups excluding carboxylic acids is 1. The van der Waals surface area contributed by atoms with Crippen LogP contribution in [0.4, 0.5) is 19.0 Å². The van der Waals surface area contributed by atoms with Crippen LogP contribution >= 0.6 is 0 Å². The van der Waals surface area contributed by atoms with Crippen LogP contribution in [-0.4, -0.2) is 17.1 Å². The van der Waals surface area contributed by atoms with Gasteiger partial charge in [-0.3, -0.25) is 9.79 Å². The van der Waals surface area contributed by atoms with Gasteiger partial charge in [0.15, 0.2) is 0 Å². The van der Waals surface area contributed by atoms with Crippen LogP contribution in [0.3, 0.4) is 0 Å². The van der Waals surface area contributed by atoms with Crippen LogP contribution in [0.5, 0.6) is 0 Å². The maximum atomic E-state index is 12.8. The first-order chi connectivity index (χ1) is 14.7. The zero-order valence-corrected chi connectivity index (χ0v) is 16.6. The lowest BCUT2D eigenvalue weighted by Crippen LogP contribution is -2.14. The molecule has 0 saturated carbocycles. The van der Waals surface area contributed by atoms with Crippen molar-refractivity contribution in [3.8, 4) is 11.8 Å². The van der Waals surface area contributed by atoms with E-state index in [1.165, 1.54) is 24.7 Å². The number of aliphatic imine (C=N–C) groups is 1. The second kappa shape index (κ2) is 10.6. The van der Waals surface area contributed by atoms with Crippen molar-refractivity contribution in [3.63, 3.8) is 0 Å². The molecule has 0 atom stereocenters. The van der Waals surface area contributed by atoms with E-state index in [9.17, 15) is 18.0 Å². The predicted octanol–water partition coefficient (Wildman–Crippen LogP) is 4.84. The Morgan fingerprint density at radius 2 is 2.00 bits per heavy atom. The monoisotopic (exact) mass is 424 g/mol. The first-order valence-electron chi connectivity index (χ1n) is 8.93. The fourth-order valence-electron chi connectivity index (χ4n) is 2.29. The quantitative estimate of drug-likeness (QED) is 0.515. The van der Waals surface area contributed by atoms with E-state index >= 15 is 0 Å². The van der Waals surface area contributed by atoms with Crippen LogP contribution < -0.4 is 10.6 Å². The minimum absolute atomic E-state index is 0.200. The van der Waals surface area contributed by atoms with E-state index in [2.05, 4.69) is 45.6 Å². The van der Waals surface area contributed by atoms with Crippen LogP contribution in [0.1, 0.15) is 27.0 Å². The number of rotatable bonds is 6. The summed E-state index contributed by atoms with van der Waals surface area (Å²) in [6.07, 6.45) is 2.39. The third kappa shape index (κ3) is 7.01. The highest BCUT2D eigenvalue weighted by Crippen LogP contribution is 2.30. The Morgan fingerprint density at radius 3 is 2.68 bits per heavy atom. The molecule has 31 heavy (non-hydrogen) atoms. The number of halogens is 3. The Balaban J connectivity index is 2.28. The second-order valence-corrected chi connectivity index (χ2v) is 6.09. The highest BCUT2D eigenvalue weighted by atomic mass is 19.4. The molecule has 8 heteroatoms. The minimum Gasteiger partial charge on any atom is -0.354 e. The number of hydrogen-bond donors (Lipinski definition) is 2. The topological polar surface area (TPSA) is 66.4 Å². The van der Waals surface area contributed by atoms with Gasteiger partial charge < -0.3 is 10.6 Å². The van der Waals surface area contributed by atoms with Gasteiger partial charge in [-0.2, -0.15) is 13.2 Å². The van der Waals surface area contributed by atoms with E-state index in [1.807, 2.05) is 6.92 Å². The number of allylic oxidation sites excluding steroid dienone is 2. The lowest BCUT2D eigenvalue weighted by Gasteiger charge is -2.09. The number of aryl methyl sites for hydroxylation is 1. The smallest absolute Gasteiger partial charge is 0.354 e. The molecule has 0 bridgehead atoms. The van der Waals surface area contributed by atoms with Gasteiger partial charge in [0, 0.05) is 23.5 Å². The van der Waals surface area contributed by atoms with Gasteiger partial charge in [-0.1, -0.05) is 31.2 Å². The number of nitrogens with zero attached hydrogens (tertiary/aromatic N) is 2. The van der Waals surface area contributed by atoms with Gasteiger partial charge in [-0.15, -0.1) is 0 Å². The van der Waals surface area contributed by atoms with E-state index in [1.54, 1.807) is 18.2 Å². The molecule has 2 aromatic rings. The average Bonchev–Trinajstić information content (AvgIpc) is 2.72. The van der Waals surface area contributed by atoms with Gasteiger partial charge in [0.25, 0.3) is 5.91 Å². The molecule has 1 aromatic heterocycles. The van der Waals surface area contributed by atoms with E-state index < -0.39 is 17.6 Å². The number of aromatic nitrogens is 1. The summed E-state index contributed by atoms with van der Waals surface area (Å²) in [7, 11) is 0. The summed E-state index contributed by atoms with van der Waals surface area (Å²) in [6, 6.07) is 6.39. The molecule has 0 aliphatic carbocycles. The molecule has 0 fully saturated rings. The number of carbonyl (C=O) groups is 1. The molecular weight excluding hydrogens is 405 g/mol. The SMILES string of the molecule is C=CC=N/C=C(/C#Cc1cc(C(=O)Nc2cc(C(F)(F)F)ccn2)ccc1C)NC=C. The summed E-state index contributed by atoms with van der Waals surface area (Å²) in [6.45, 7) is 8.93. The number of benzene rings is 1. The maximum Gasteiger partial charge on any atom is 0.416 e. The van der Waals surface area contributed by atoms with E-state index in [4.69, 9.17) is 0 Å². The van der Waals surface area contributed by atoms with Gasteiger partial charge in [0.1, 0.15) is 11.5 Å². The zero-order valence-electron chi connectivity index (χ0n) is 16.6. The normalized spacial score (nSPS) is 11.4. The molecule has 158 valence electrons. The average molecular weight is 424 g/mol. The first kappa shape index (κ1) is 23.2. The molecule has 1 aromatic carbocycles. The van der Waals surface area contributed by atoms with Crippen LogP contribution in [0.2, 0.25) is 0 Å². The summed E-state index contributed by atoms with van der Waals surface area (Å²) in [5.41, 5.74) is 1.17. The molecule has 2 N–H and O–H groups in total. The zero-order chi connectivity index (χ0) is 22.9. The molecule has 0 unspecified atom stereocenters. The van der Waals surface area contributed by atoms with Crippen LogP contribution in [0.15, 0.2) is 78.9 Å². The molecule has 0 saturated heterocycles. The van der Waals surface area contributed by atoms with Crippen molar-refractivity contribution in [1.29, 1.82) is 0 Å². The Bertz CT molecular complexity index is 1110. The predicted molar refractivity (Wildman–Crippen MR) is 115 cm³/mol. The molecule has 1 amide bonds. The van der Waals surface area contributed by atoms with E-state index in [0.717, 1.165) is 23.9 Å². The van der Waals surface area contributed by atoms with Crippen molar-refractivity contribution in [2.75, 3.05) is 5.32 Å². The first-order valence-corrected chi connectivity index (χ1v) is 8.93. The number of nitrogens with one attached hydrogen (secondary N) is 2. The van der Waals surface area contributed by atoms with Crippen LogP contribution in [0.25, 0.3) is 0 Å². The summed E-state index contributed by atoms with van der Waals surface area (Å²) < 4.78 is 38.5. The molecule has 2 rings (SSSR count). The summed E-state index contributed by atoms with van der Waals surface area (Å²) in [5, 5.41) is 5.22. The molecule has 0 radical (unpaired) electrons. The van der Waals surface area contributed by atoms with Crippen molar-refractivity contribution in [2.45, 2.75) is 13.1 Å². The Kier molecular flexibility index (Phi) is 7.92.